The first-order valence-corrected chi connectivity index (χ1v) is 17.2. The Morgan fingerprint density at radius 3 is 2.11 bits per heavy atom. The zero-order chi connectivity index (χ0) is 28.3. The molecule has 8 heteroatoms. The van der Waals surface area contributed by atoms with Gasteiger partial charge in [-0.05, 0) is 85.5 Å². The van der Waals surface area contributed by atoms with Gasteiger partial charge >= 0.3 is 11.9 Å². The lowest BCUT2D eigenvalue weighted by molar-refractivity contribution is 0.0397. The van der Waals surface area contributed by atoms with Crippen molar-refractivity contribution in [2.45, 2.75) is 104 Å². The zero-order valence-electron chi connectivity index (χ0n) is 23.8. The minimum absolute atomic E-state index is 0.0525. The van der Waals surface area contributed by atoms with Crippen molar-refractivity contribution in [1.82, 2.24) is 0 Å². The molecular formula is C30H44O6SSi. The normalized spacial score (nSPS) is 12.5. The van der Waals surface area contributed by atoms with Crippen LogP contribution in [0.4, 0.5) is 0 Å². The van der Waals surface area contributed by atoms with Crippen LogP contribution in [0, 0.1) is 0 Å². The summed E-state index contributed by atoms with van der Waals surface area (Å²) in [6.07, 6.45) is 7.36. The van der Waals surface area contributed by atoms with Gasteiger partial charge in [-0.3, -0.25) is 0 Å². The molecule has 0 atom stereocenters. The third-order valence-electron chi connectivity index (χ3n) is 7.85. The smallest absolute Gasteiger partial charge is 0.336 e. The van der Waals surface area contributed by atoms with Crippen LogP contribution < -0.4 is 4.74 Å². The van der Waals surface area contributed by atoms with Crippen molar-refractivity contribution in [2.24, 2.45) is 0 Å². The van der Waals surface area contributed by atoms with Crippen LogP contribution in [-0.2, 0) is 11.0 Å². The Hall–Kier alpha value is -2.42. The molecule has 0 spiro atoms. The zero-order valence-corrected chi connectivity index (χ0v) is 25.6. The van der Waals surface area contributed by atoms with Crippen molar-refractivity contribution >= 4 is 37.2 Å². The van der Waals surface area contributed by atoms with Crippen LogP contribution in [0.15, 0.2) is 35.7 Å². The van der Waals surface area contributed by atoms with Gasteiger partial charge in [0.05, 0.1) is 16.7 Å². The van der Waals surface area contributed by atoms with Gasteiger partial charge in [0.15, 0.2) is 8.32 Å². The van der Waals surface area contributed by atoms with E-state index < -0.39 is 20.3 Å². The molecule has 2 N–H and O–H groups in total. The standard InChI is InChI=1S/C30H44O6SSi/c1-7-23(14-13-17-30(8-2,9-3)36-38(10-4,11-5)12-6)27-18-22(21-37-27)20-35-24-15-16-25(28(31)32)26(19-24)29(33)34/h14-16,18-19,21H,7-13,17,20H2,1-6H3,(H,31,32)(H,33,34)/b23-14+. The summed E-state index contributed by atoms with van der Waals surface area (Å²) in [5.41, 5.74) is 1.71. The Bertz CT molecular complexity index is 1090. The molecule has 0 fully saturated rings. The van der Waals surface area contributed by atoms with Crippen molar-refractivity contribution in [1.29, 1.82) is 0 Å². The van der Waals surface area contributed by atoms with Gasteiger partial charge in [0, 0.05) is 10.4 Å². The van der Waals surface area contributed by atoms with Crippen LogP contribution in [0.2, 0.25) is 18.1 Å². The summed E-state index contributed by atoms with van der Waals surface area (Å²) in [7, 11) is -1.69. The molecule has 1 aromatic heterocycles. The number of rotatable bonds is 17. The van der Waals surface area contributed by atoms with E-state index in [0.29, 0.717) is 5.75 Å². The molecule has 210 valence electrons. The van der Waals surface area contributed by atoms with E-state index in [1.807, 2.05) is 0 Å². The molecule has 0 aliphatic heterocycles. The van der Waals surface area contributed by atoms with Crippen molar-refractivity contribution in [3.05, 3.63) is 57.3 Å². The summed E-state index contributed by atoms with van der Waals surface area (Å²) >= 11 is 1.68. The molecule has 38 heavy (non-hydrogen) atoms. The first-order valence-electron chi connectivity index (χ1n) is 13.8. The number of carboxylic acid groups (broad SMARTS) is 2. The van der Waals surface area contributed by atoms with Gasteiger partial charge in [-0.25, -0.2) is 9.59 Å². The number of hydrogen-bond acceptors (Lipinski definition) is 5. The summed E-state index contributed by atoms with van der Waals surface area (Å²) < 4.78 is 12.8. The maximum Gasteiger partial charge on any atom is 0.336 e. The molecule has 0 unspecified atom stereocenters. The number of allylic oxidation sites excluding steroid dienone is 2. The largest absolute Gasteiger partial charge is 0.489 e. The highest BCUT2D eigenvalue weighted by Crippen LogP contribution is 2.36. The lowest BCUT2D eigenvalue weighted by atomic mass is 9.91. The van der Waals surface area contributed by atoms with E-state index >= 15 is 0 Å². The fourth-order valence-corrected chi connectivity index (χ4v) is 9.17. The summed E-state index contributed by atoms with van der Waals surface area (Å²) in [5.74, 6) is -2.25. The number of carbonyl (C=O) groups is 2. The summed E-state index contributed by atoms with van der Waals surface area (Å²) in [4.78, 5) is 23.9. The predicted molar refractivity (Wildman–Crippen MR) is 158 cm³/mol. The van der Waals surface area contributed by atoms with Gasteiger partial charge in [0.1, 0.15) is 12.4 Å². The molecule has 1 aromatic carbocycles. The molecule has 0 bridgehead atoms. The molecule has 0 saturated carbocycles. The Morgan fingerprint density at radius 2 is 1.58 bits per heavy atom. The third-order valence-corrected chi connectivity index (χ3v) is 13.6. The van der Waals surface area contributed by atoms with E-state index in [0.717, 1.165) is 37.7 Å². The Kier molecular flexibility index (Phi) is 12.3. The monoisotopic (exact) mass is 560 g/mol. The fraction of sp³-hybridized carbons (Fsp3) is 0.533. The lowest BCUT2D eigenvalue weighted by Gasteiger charge is -2.42. The molecule has 2 rings (SSSR count). The van der Waals surface area contributed by atoms with Crippen molar-refractivity contribution < 1.29 is 29.0 Å². The topological polar surface area (TPSA) is 93.1 Å². The summed E-state index contributed by atoms with van der Waals surface area (Å²) in [5, 5.41) is 20.6. The molecule has 0 aliphatic rings. The number of benzene rings is 1. The van der Waals surface area contributed by atoms with Crippen molar-refractivity contribution in [2.75, 3.05) is 0 Å². The maximum absolute atomic E-state index is 11.4. The Morgan fingerprint density at radius 1 is 0.947 bits per heavy atom. The molecule has 2 aromatic rings. The highest BCUT2D eigenvalue weighted by atomic mass is 32.1. The van der Waals surface area contributed by atoms with E-state index in [2.05, 4.69) is 59.1 Å². The SMILES string of the molecule is CC/C(=C\CCC(CC)(CC)O[Si](CC)(CC)CC)c1cc(COc2ccc(C(=O)O)c(C(=O)O)c2)cs1. The minimum Gasteiger partial charge on any atom is -0.489 e. The van der Waals surface area contributed by atoms with Gasteiger partial charge in [0.2, 0.25) is 0 Å². The molecule has 0 amide bonds. The van der Waals surface area contributed by atoms with E-state index in [1.54, 1.807) is 11.3 Å². The van der Waals surface area contributed by atoms with E-state index in [4.69, 9.17) is 9.16 Å². The van der Waals surface area contributed by atoms with E-state index in [9.17, 15) is 19.8 Å². The van der Waals surface area contributed by atoms with Crippen LogP contribution in [0.1, 0.15) is 105 Å². The van der Waals surface area contributed by atoms with Crippen molar-refractivity contribution in [3.63, 3.8) is 0 Å². The van der Waals surface area contributed by atoms with Crippen LogP contribution >= 0.6 is 11.3 Å². The molecule has 0 radical (unpaired) electrons. The van der Waals surface area contributed by atoms with Gasteiger partial charge in [-0.15, -0.1) is 11.3 Å². The first kappa shape index (κ1) is 31.8. The second kappa shape index (κ2) is 14.7. The number of hydrogen-bond donors (Lipinski definition) is 2. The maximum atomic E-state index is 11.4. The van der Waals surface area contributed by atoms with Crippen LogP contribution in [-0.4, -0.2) is 36.1 Å². The summed E-state index contributed by atoms with van der Waals surface area (Å²) in [6.45, 7) is 13.8. The molecular weight excluding hydrogens is 516 g/mol. The van der Waals surface area contributed by atoms with Crippen LogP contribution in [0.5, 0.6) is 5.75 Å². The highest BCUT2D eigenvalue weighted by Gasteiger charge is 2.38. The average Bonchev–Trinajstić information content (AvgIpc) is 3.40. The average molecular weight is 561 g/mol. The minimum atomic E-state index is -1.69. The second-order valence-electron chi connectivity index (χ2n) is 9.78. The molecule has 0 saturated heterocycles. The van der Waals surface area contributed by atoms with Crippen LogP contribution in [0.3, 0.4) is 0 Å². The number of aromatic carboxylic acids is 2. The Balaban J connectivity index is 2.10. The van der Waals surface area contributed by atoms with E-state index in [-0.39, 0.29) is 23.3 Å². The predicted octanol–water partition coefficient (Wildman–Crippen LogP) is 8.88. The molecule has 0 aliphatic carbocycles. The molecule has 1 heterocycles. The van der Waals surface area contributed by atoms with Crippen molar-refractivity contribution in [3.8, 4) is 5.75 Å². The van der Waals surface area contributed by atoms with Gasteiger partial charge in [0.25, 0.3) is 0 Å². The quantitative estimate of drug-likeness (QED) is 0.188. The van der Waals surface area contributed by atoms with Gasteiger partial charge in [-0.1, -0.05) is 47.6 Å². The van der Waals surface area contributed by atoms with Gasteiger partial charge < -0.3 is 19.4 Å². The van der Waals surface area contributed by atoms with Gasteiger partial charge in [-0.2, -0.15) is 0 Å². The number of thiophene rings is 1. The molecule has 6 nitrogen and oxygen atoms in total. The second-order valence-corrected chi connectivity index (χ2v) is 15.4. The highest BCUT2D eigenvalue weighted by molar-refractivity contribution is 7.11. The Labute approximate surface area is 232 Å². The number of carboxylic acids is 2. The van der Waals surface area contributed by atoms with Crippen LogP contribution in [0.25, 0.3) is 5.57 Å². The summed E-state index contributed by atoms with van der Waals surface area (Å²) in [6, 6.07) is 9.64. The van der Waals surface area contributed by atoms with E-state index in [1.165, 1.54) is 46.8 Å². The lowest BCUT2D eigenvalue weighted by Crippen LogP contribution is -2.46. The number of ether oxygens (including phenoxy) is 1. The third kappa shape index (κ3) is 8.04. The first-order chi connectivity index (χ1) is 18.1. The fourth-order valence-electron chi connectivity index (χ4n) is 4.92.